The van der Waals surface area contributed by atoms with Gasteiger partial charge in [-0.15, -0.1) is 0 Å². The molecule has 2 aliphatic rings. The molecular formula is C27H31N3O. The Hall–Kier alpha value is -2.72. The molecule has 0 aliphatic carbocycles. The number of carbonyl (C=O) groups excluding carboxylic acids is 1. The molecule has 0 radical (unpaired) electrons. The van der Waals surface area contributed by atoms with E-state index in [1.807, 2.05) is 24.4 Å². The number of aromatic nitrogens is 1. The predicted octanol–water partition coefficient (Wildman–Crippen LogP) is 4.93. The summed E-state index contributed by atoms with van der Waals surface area (Å²) in [7, 11) is 0. The summed E-state index contributed by atoms with van der Waals surface area (Å²) in [5.74, 6) is 0.702. The largest absolute Gasteiger partial charge is 0.338 e. The molecule has 4 heteroatoms. The summed E-state index contributed by atoms with van der Waals surface area (Å²) in [4.78, 5) is 22.6. The van der Waals surface area contributed by atoms with Crippen molar-refractivity contribution in [2.75, 3.05) is 26.2 Å². The van der Waals surface area contributed by atoms with Crippen molar-refractivity contribution >= 4 is 16.8 Å². The lowest BCUT2D eigenvalue weighted by atomic mass is 9.89. The van der Waals surface area contributed by atoms with E-state index >= 15 is 0 Å². The zero-order valence-corrected chi connectivity index (χ0v) is 18.2. The fourth-order valence-electron chi connectivity index (χ4n) is 5.29. The van der Waals surface area contributed by atoms with Crippen molar-refractivity contribution in [2.24, 2.45) is 5.92 Å². The maximum Gasteiger partial charge on any atom is 0.254 e. The Labute approximate surface area is 184 Å². The summed E-state index contributed by atoms with van der Waals surface area (Å²) in [5, 5.41) is 1.24. The number of pyridine rings is 1. The Kier molecular flexibility index (Phi) is 5.99. The Bertz CT molecular complexity index is 1050. The second kappa shape index (κ2) is 9.19. The molecule has 2 saturated heterocycles. The quantitative estimate of drug-likeness (QED) is 0.595. The molecule has 1 aromatic heterocycles. The predicted molar refractivity (Wildman–Crippen MR) is 125 cm³/mol. The van der Waals surface area contributed by atoms with Gasteiger partial charge in [-0.2, -0.15) is 0 Å². The molecule has 3 aromatic rings. The summed E-state index contributed by atoms with van der Waals surface area (Å²) in [6.45, 7) is 4.89. The van der Waals surface area contributed by atoms with E-state index in [0.717, 1.165) is 56.6 Å². The maximum atomic E-state index is 13.5. The number of piperidine rings is 1. The van der Waals surface area contributed by atoms with E-state index in [1.165, 1.54) is 35.8 Å². The minimum absolute atomic E-state index is 0.207. The second-order valence-corrected chi connectivity index (χ2v) is 9.09. The van der Waals surface area contributed by atoms with Gasteiger partial charge < -0.3 is 4.90 Å². The van der Waals surface area contributed by atoms with Crippen LogP contribution in [0.1, 0.15) is 47.2 Å². The van der Waals surface area contributed by atoms with Crippen LogP contribution in [0.4, 0.5) is 0 Å². The molecule has 5 rings (SSSR count). The fraction of sp³-hybridized carbons (Fsp3) is 0.407. The van der Waals surface area contributed by atoms with E-state index in [0.29, 0.717) is 5.92 Å². The first kappa shape index (κ1) is 20.2. The molecule has 0 saturated carbocycles. The molecule has 1 atom stereocenters. The first-order chi connectivity index (χ1) is 15.3. The molecule has 160 valence electrons. The van der Waals surface area contributed by atoms with E-state index in [-0.39, 0.29) is 5.91 Å². The van der Waals surface area contributed by atoms with Crippen molar-refractivity contribution < 1.29 is 4.79 Å². The van der Waals surface area contributed by atoms with Crippen molar-refractivity contribution in [1.82, 2.24) is 14.8 Å². The van der Waals surface area contributed by atoms with Crippen molar-refractivity contribution in [1.29, 1.82) is 0 Å². The normalized spacial score (nSPS) is 19.7. The lowest BCUT2D eigenvalue weighted by Gasteiger charge is -2.33. The highest BCUT2D eigenvalue weighted by atomic mass is 16.2. The zero-order chi connectivity index (χ0) is 21.0. The van der Waals surface area contributed by atoms with Crippen LogP contribution in [-0.4, -0.2) is 46.9 Å². The summed E-state index contributed by atoms with van der Waals surface area (Å²) in [5.41, 5.74) is 4.47. The van der Waals surface area contributed by atoms with E-state index in [9.17, 15) is 4.79 Å². The van der Waals surface area contributed by atoms with Crippen LogP contribution in [0.5, 0.6) is 0 Å². The van der Waals surface area contributed by atoms with Crippen molar-refractivity contribution in [2.45, 2.75) is 38.6 Å². The van der Waals surface area contributed by atoms with Gasteiger partial charge in [-0.3, -0.25) is 14.7 Å². The maximum absolute atomic E-state index is 13.5. The van der Waals surface area contributed by atoms with Crippen molar-refractivity contribution in [3.63, 3.8) is 0 Å². The number of benzene rings is 2. The summed E-state index contributed by atoms with van der Waals surface area (Å²) in [6, 6.07) is 18.8. The average molecular weight is 414 g/mol. The smallest absolute Gasteiger partial charge is 0.254 e. The number of carbonyl (C=O) groups is 1. The molecular weight excluding hydrogens is 382 g/mol. The summed E-state index contributed by atoms with van der Waals surface area (Å²) >= 11 is 0. The Morgan fingerprint density at radius 3 is 2.65 bits per heavy atom. The monoisotopic (exact) mass is 413 g/mol. The lowest BCUT2D eigenvalue weighted by Crippen LogP contribution is -2.41. The van der Waals surface area contributed by atoms with Crippen LogP contribution in [0.2, 0.25) is 0 Å². The molecule has 2 aromatic carbocycles. The lowest BCUT2D eigenvalue weighted by molar-refractivity contribution is 0.0671. The molecule has 0 bridgehead atoms. The zero-order valence-electron chi connectivity index (χ0n) is 18.2. The van der Waals surface area contributed by atoms with Gasteiger partial charge in [0.2, 0.25) is 0 Å². The molecule has 2 aliphatic heterocycles. The van der Waals surface area contributed by atoms with E-state index in [1.54, 1.807) is 0 Å². The highest BCUT2D eigenvalue weighted by Gasteiger charge is 2.27. The number of rotatable bonds is 5. The number of likely N-dealkylation sites (tertiary alicyclic amines) is 2. The van der Waals surface area contributed by atoms with Crippen LogP contribution in [0, 0.1) is 5.92 Å². The molecule has 31 heavy (non-hydrogen) atoms. The van der Waals surface area contributed by atoms with E-state index in [2.05, 4.69) is 51.2 Å². The van der Waals surface area contributed by atoms with Crippen molar-refractivity contribution in [3.05, 3.63) is 77.5 Å². The van der Waals surface area contributed by atoms with Gasteiger partial charge in [0, 0.05) is 36.8 Å². The minimum Gasteiger partial charge on any atom is -0.338 e. The van der Waals surface area contributed by atoms with Gasteiger partial charge in [-0.1, -0.05) is 36.4 Å². The van der Waals surface area contributed by atoms with Crippen LogP contribution < -0.4 is 0 Å². The Morgan fingerprint density at radius 2 is 1.74 bits per heavy atom. The second-order valence-electron chi connectivity index (χ2n) is 9.09. The van der Waals surface area contributed by atoms with Gasteiger partial charge >= 0.3 is 0 Å². The fourth-order valence-corrected chi connectivity index (χ4v) is 5.29. The summed E-state index contributed by atoms with van der Waals surface area (Å²) in [6.07, 6.45) is 7.65. The topological polar surface area (TPSA) is 36.4 Å². The van der Waals surface area contributed by atoms with E-state index < -0.39 is 0 Å². The third kappa shape index (κ3) is 4.49. The highest BCUT2D eigenvalue weighted by Crippen LogP contribution is 2.27. The van der Waals surface area contributed by atoms with Gasteiger partial charge in [0.05, 0.1) is 5.52 Å². The number of nitrogens with zero attached hydrogens (tertiary/aromatic N) is 3. The molecule has 4 nitrogen and oxygen atoms in total. The number of fused-ring (bicyclic) bond motifs is 1. The third-order valence-electron chi connectivity index (χ3n) is 6.89. The highest BCUT2D eigenvalue weighted by molar-refractivity contribution is 5.95. The van der Waals surface area contributed by atoms with Gasteiger partial charge in [0.1, 0.15) is 0 Å². The van der Waals surface area contributed by atoms with Gasteiger partial charge in [-0.25, -0.2) is 0 Å². The third-order valence-corrected chi connectivity index (χ3v) is 6.89. The van der Waals surface area contributed by atoms with Crippen LogP contribution in [-0.2, 0) is 13.0 Å². The molecule has 0 spiro atoms. The molecule has 1 amide bonds. The standard InChI is InChI=1S/C27H31N3O/c31-27(25-11-2-1-9-23(25)20-29-15-3-4-16-29)30-17-7-8-21(19-30)18-22-10-5-13-26-24(22)12-6-14-28-26/h1-2,5-6,9-14,21H,3-4,7-8,15-20H2/t21-/m0/s1. The van der Waals surface area contributed by atoms with E-state index in [4.69, 9.17) is 0 Å². The van der Waals surface area contributed by atoms with Crippen LogP contribution >= 0.6 is 0 Å². The van der Waals surface area contributed by atoms with Crippen molar-refractivity contribution in [3.8, 4) is 0 Å². The van der Waals surface area contributed by atoms with Gasteiger partial charge in [-0.05, 0) is 80.4 Å². The molecule has 0 unspecified atom stereocenters. The Morgan fingerprint density at radius 1 is 0.903 bits per heavy atom. The van der Waals surface area contributed by atoms with Crippen LogP contribution in [0.15, 0.2) is 60.8 Å². The van der Waals surface area contributed by atoms with Gasteiger partial charge in [0.25, 0.3) is 5.91 Å². The SMILES string of the molecule is O=C(c1ccccc1CN1CCCC1)N1CCC[C@@H](Cc2cccc3ncccc23)C1. The minimum atomic E-state index is 0.207. The average Bonchev–Trinajstić information content (AvgIpc) is 3.33. The molecule has 0 N–H and O–H groups in total. The first-order valence-electron chi connectivity index (χ1n) is 11.7. The molecule has 3 heterocycles. The van der Waals surface area contributed by atoms with Crippen LogP contribution in [0.3, 0.4) is 0 Å². The summed E-state index contributed by atoms with van der Waals surface area (Å²) < 4.78 is 0. The molecule has 2 fully saturated rings. The van der Waals surface area contributed by atoms with Gasteiger partial charge in [0.15, 0.2) is 0 Å². The number of hydrogen-bond acceptors (Lipinski definition) is 3. The Balaban J connectivity index is 1.31. The number of hydrogen-bond donors (Lipinski definition) is 0. The van der Waals surface area contributed by atoms with Crippen LogP contribution in [0.25, 0.3) is 10.9 Å². The first-order valence-corrected chi connectivity index (χ1v) is 11.7. The number of amides is 1.